The lowest BCUT2D eigenvalue weighted by atomic mass is 9.86. The monoisotopic (exact) mass is 535 g/mol. The molecule has 0 saturated carbocycles. The van der Waals surface area contributed by atoms with Crippen LogP contribution in [-0.4, -0.2) is 42.1 Å². The first kappa shape index (κ1) is 27.2. The summed E-state index contributed by atoms with van der Waals surface area (Å²) >= 11 is 0. The smallest absolute Gasteiger partial charge is 0.232 e. The van der Waals surface area contributed by atoms with Gasteiger partial charge in [-0.05, 0) is 65.6 Å². The van der Waals surface area contributed by atoms with Gasteiger partial charge in [-0.15, -0.1) is 10.2 Å². The predicted octanol–water partition coefficient (Wildman–Crippen LogP) is 6.80. The molecular weight excluding hydrogens is 490 g/mol. The molecule has 7 nitrogen and oxygen atoms in total. The molecule has 2 aromatic heterocycles. The van der Waals surface area contributed by atoms with Gasteiger partial charge in [0.2, 0.25) is 5.95 Å². The number of anilines is 1. The van der Waals surface area contributed by atoms with Crippen molar-refractivity contribution in [3.8, 4) is 5.75 Å². The summed E-state index contributed by atoms with van der Waals surface area (Å²) in [6.07, 6.45) is 6.13. The highest BCUT2D eigenvalue weighted by molar-refractivity contribution is 6.77. The van der Waals surface area contributed by atoms with E-state index in [9.17, 15) is 0 Å². The molecule has 1 aliphatic heterocycles. The Morgan fingerprint density at radius 3 is 2.34 bits per heavy atom. The molecule has 8 heteroatoms. The largest absolute Gasteiger partial charge is 0.484 e. The Bertz CT molecular complexity index is 1220. The third kappa shape index (κ3) is 4.87. The average molecular weight is 536 g/mol. The average Bonchev–Trinajstić information content (AvgIpc) is 3.52. The van der Waals surface area contributed by atoms with E-state index in [1.54, 1.807) is 0 Å². The van der Waals surface area contributed by atoms with E-state index in [4.69, 9.17) is 14.9 Å². The number of nitrogens with two attached hydrogens (primary N) is 1. The van der Waals surface area contributed by atoms with Crippen molar-refractivity contribution in [3.05, 3.63) is 53.7 Å². The van der Waals surface area contributed by atoms with Crippen LogP contribution in [0.15, 0.2) is 42.6 Å². The van der Waals surface area contributed by atoms with Gasteiger partial charge in [0.05, 0.1) is 18.8 Å². The van der Waals surface area contributed by atoms with Crippen LogP contribution in [0.2, 0.25) is 16.6 Å². The number of hydrogen-bond donors (Lipinski definition) is 1. The Kier molecular flexibility index (Phi) is 7.85. The van der Waals surface area contributed by atoms with Gasteiger partial charge in [0, 0.05) is 12.6 Å². The summed E-state index contributed by atoms with van der Waals surface area (Å²) in [6.45, 7) is 15.8. The van der Waals surface area contributed by atoms with Gasteiger partial charge < -0.3 is 19.8 Å². The van der Waals surface area contributed by atoms with E-state index < -0.39 is 8.32 Å². The summed E-state index contributed by atoms with van der Waals surface area (Å²) in [7, 11) is -1.93. The normalized spacial score (nSPS) is 22.2. The number of fused-ring (bicyclic) bond motifs is 2. The molecular formula is C30H45N5O2Si. The van der Waals surface area contributed by atoms with Crippen molar-refractivity contribution in [3.63, 3.8) is 0 Å². The van der Waals surface area contributed by atoms with Gasteiger partial charge in [0.15, 0.2) is 14.0 Å². The van der Waals surface area contributed by atoms with E-state index in [1.165, 1.54) is 11.1 Å². The Hall–Kier alpha value is -2.42. The van der Waals surface area contributed by atoms with Crippen LogP contribution in [0.4, 0.5) is 5.95 Å². The first-order valence-electron chi connectivity index (χ1n) is 14.5. The molecule has 0 radical (unpaired) electrons. The maximum Gasteiger partial charge on any atom is 0.232 e. The van der Waals surface area contributed by atoms with Crippen molar-refractivity contribution < 1.29 is 9.16 Å². The number of ether oxygens (including phenoxy) is 1. The second-order valence-electron chi connectivity index (χ2n) is 12.1. The number of aromatic nitrogens is 3. The molecule has 3 aromatic rings. The van der Waals surface area contributed by atoms with Gasteiger partial charge in [-0.2, -0.15) is 0 Å². The van der Waals surface area contributed by atoms with E-state index in [1.807, 2.05) is 18.3 Å². The van der Waals surface area contributed by atoms with Gasteiger partial charge in [0.25, 0.3) is 0 Å². The Balaban J connectivity index is 1.37. The zero-order valence-corrected chi connectivity index (χ0v) is 24.9. The third-order valence-corrected chi connectivity index (χ3v) is 15.1. The van der Waals surface area contributed by atoms with Gasteiger partial charge in [-0.1, -0.05) is 65.8 Å². The standard InChI is InChI=1S/C30H45N5O2Si/c1-20(2)38(21(3)4,22(5)6)36-19-23-10-9-17-34(23)30-33-32-29-16-13-24(18-35(29)30)37-28-15-14-27(31)25-11-7-8-12-26(25)28/h7-8,11-13,16,18,20-23,27-28H,9-10,14-15,17,19,31H2,1-6H3/t23-,27-,28+/m0/s1. The fourth-order valence-corrected chi connectivity index (χ4v) is 12.7. The number of rotatable bonds is 9. The fraction of sp³-hybridized carbons (Fsp3) is 0.600. The molecule has 5 rings (SSSR count). The van der Waals surface area contributed by atoms with Crippen LogP contribution in [0.25, 0.3) is 5.65 Å². The fourth-order valence-electron chi connectivity index (χ4n) is 7.21. The van der Waals surface area contributed by atoms with Crippen LogP contribution < -0.4 is 15.4 Å². The molecule has 1 fully saturated rings. The van der Waals surface area contributed by atoms with Gasteiger partial charge in [-0.3, -0.25) is 4.40 Å². The van der Waals surface area contributed by atoms with Gasteiger partial charge in [-0.25, -0.2) is 0 Å². The number of nitrogens with zero attached hydrogens (tertiary/aromatic N) is 4. The van der Waals surface area contributed by atoms with Gasteiger partial charge >= 0.3 is 0 Å². The van der Waals surface area contributed by atoms with E-state index in [0.29, 0.717) is 22.7 Å². The highest BCUT2D eigenvalue weighted by Gasteiger charge is 2.46. The Morgan fingerprint density at radius 1 is 0.921 bits per heavy atom. The van der Waals surface area contributed by atoms with Crippen molar-refractivity contribution in [2.75, 3.05) is 18.1 Å². The van der Waals surface area contributed by atoms with E-state index in [0.717, 1.165) is 56.2 Å². The molecule has 2 aliphatic rings. The molecule has 38 heavy (non-hydrogen) atoms. The van der Waals surface area contributed by atoms with Crippen molar-refractivity contribution >= 4 is 19.9 Å². The number of pyridine rings is 1. The minimum absolute atomic E-state index is 0.00232. The Labute approximate surface area is 228 Å². The molecule has 1 aliphatic carbocycles. The minimum Gasteiger partial charge on any atom is -0.484 e. The minimum atomic E-state index is -1.93. The number of hydrogen-bond acceptors (Lipinski definition) is 6. The van der Waals surface area contributed by atoms with Crippen molar-refractivity contribution in [2.24, 2.45) is 5.73 Å². The molecule has 206 valence electrons. The van der Waals surface area contributed by atoms with Crippen LogP contribution in [-0.2, 0) is 4.43 Å². The number of benzene rings is 1. The predicted molar refractivity (Wildman–Crippen MR) is 156 cm³/mol. The molecule has 1 aromatic carbocycles. The molecule has 3 heterocycles. The highest BCUT2D eigenvalue weighted by Crippen LogP contribution is 2.43. The Morgan fingerprint density at radius 2 is 1.63 bits per heavy atom. The van der Waals surface area contributed by atoms with Crippen LogP contribution in [0.3, 0.4) is 0 Å². The van der Waals surface area contributed by atoms with Gasteiger partial charge in [0.1, 0.15) is 11.9 Å². The lowest BCUT2D eigenvalue weighted by Gasteiger charge is -2.43. The zero-order valence-electron chi connectivity index (χ0n) is 23.9. The van der Waals surface area contributed by atoms with Crippen LogP contribution >= 0.6 is 0 Å². The molecule has 0 unspecified atom stereocenters. The van der Waals surface area contributed by atoms with Crippen molar-refractivity contribution in [1.29, 1.82) is 0 Å². The maximum atomic E-state index is 7.01. The van der Waals surface area contributed by atoms with Crippen molar-refractivity contribution in [2.45, 2.75) is 102 Å². The second kappa shape index (κ2) is 11.0. The maximum absolute atomic E-state index is 7.01. The lowest BCUT2D eigenvalue weighted by Crippen LogP contribution is -2.50. The second-order valence-corrected chi connectivity index (χ2v) is 17.6. The quantitative estimate of drug-likeness (QED) is 0.304. The molecule has 0 bridgehead atoms. The van der Waals surface area contributed by atoms with Crippen LogP contribution in [0.5, 0.6) is 5.75 Å². The lowest BCUT2D eigenvalue weighted by molar-refractivity contribution is 0.176. The van der Waals surface area contributed by atoms with Crippen LogP contribution in [0.1, 0.15) is 90.5 Å². The molecule has 3 atom stereocenters. The summed E-state index contributed by atoms with van der Waals surface area (Å²) in [5.74, 6) is 1.71. The summed E-state index contributed by atoms with van der Waals surface area (Å²) < 4.78 is 15.7. The molecule has 0 spiro atoms. The molecule has 0 amide bonds. The van der Waals surface area contributed by atoms with E-state index >= 15 is 0 Å². The molecule has 1 saturated heterocycles. The third-order valence-electron chi connectivity index (χ3n) is 8.98. The zero-order chi connectivity index (χ0) is 27.0. The first-order valence-corrected chi connectivity index (χ1v) is 16.6. The SMILES string of the molecule is CC(C)[Si](OC[C@@H]1CCCN1c1nnc2ccc(O[C@@H]3CC[C@H](N)c4ccccc43)cn12)(C(C)C)C(C)C. The summed E-state index contributed by atoms with van der Waals surface area (Å²) in [5.41, 5.74) is 11.3. The summed E-state index contributed by atoms with van der Waals surface area (Å²) in [5, 5.41) is 9.13. The van der Waals surface area contributed by atoms with Crippen LogP contribution in [0, 0.1) is 0 Å². The molecule has 2 N–H and O–H groups in total. The highest BCUT2D eigenvalue weighted by atomic mass is 28.4. The summed E-state index contributed by atoms with van der Waals surface area (Å²) in [4.78, 5) is 2.40. The first-order chi connectivity index (χ1) is 18.2. The van der Waals surface area contributed by atoms with Crippen molar-refractivity contribution in [1.82, 2.24) is 14.6 Å². The summed E-state index contributed by atoms with van der Waals surface area (Å²) in [6, 6.07) is 12.8. The van der Waals surface area contributed by atoms with E-state index in [2.05, 4.69) is 85.3 Å². The topological polar surface area (TPSA) is 77.9 Å². The van der Waals surface area contributed by atoms with E-state index in [-0.39, 0.29) is 12.1 Å².